The smallest absolute Gasteiger partial charge is 0.338 e. The average Bonchev–Trinajstić information content (AvgIpc) is 3.00. The Bertz CT molecular complexity index is 1590. The minimum atomic E-state index is -0.779. The van der Waals surface area contributed by atoms with E-state index in [2.05, 4.69) is 37.1 Å². The zero-order valence-corrected chi connectivity index (χ0v) is 25.7. The zero-order valence-electron chi connectivity index (χ0n) is 24.1. The highest BCUT2D eigenvalue weighted by molar-refractivity contribution is 9.10. The number of carbonyl (C=O) groups is 3. The van der Waals surface area contributed by atoms with Gasteiger partial charge >= 0.3 is 12.0 Å². The number of rotatable bonds is 12. The van der Waals surface area contributed by atoms with Gasteiger partial charge in [0, 0.05) is 5.70 Å². The van der Waals surface area contributed by atoms with Crippen LogP contribution in [0.3, 0.4) is 0 Å². The molecule has 3 aromatic rings. The normalized spacial score (nSPS) is 14.5. The first-order chi connectivity index (χ1) is 21.2. The Kier molecular flexibility index (Phi) is 10.9. The summed E-state index contributed by atoms with van der Waals surface area (Å²) in [7, 11) is 1.43. The number of hydrogen-bond donors (Lipinski definition) is 3. The van der Waals surface area contributed by atoms with Crippen molar-refractivity contribution in [3.63, 3.8) is 0 Å². The second-order valence-corrected chi connectivity index (χ2v) is 10.2. The van der Waals surface area contributed by atoms with E-state index in [1.807, 2.05) is 0 Å². The molecule has 44 heavy (non-hydrogen) atoms. The monoisotopic (exact) mass is 668 g/mol. The second-order valence-electron chi connectivity index (χ2n) is 9.39. The lowest BCUT2D eigenvalue weighted by Crippen LogP contribution is -2.45. The molecule has 11 nitrogen and oxygen atoms in total. The number of urea groups is 1. The predicted octanol–water partition coefficient (Wildman–Crippen LogP) is 4.90. The van der Waals surface area contributed by atoms with E-state index >= 15 is 0 Å². The van der Waals surface area contributed by atoms with Crippen LogP contribution in [0.15, 0.2) is 81.5 Å². The van der Waals surface area contributed by atoms with Crippen LogP contribution in [0.1, 0.15) is 36.6 Å². The lowest BCUT2D eigenvalue weighted by molar-refractivity contribution is -0.139. The van der Waals surface area contributed by atoms with Crippen LogP contribution >= 0.6 is 15.9 Å². The van der Waals surface area contributed by atoms with Crippen molar-refractivity contribution in [2.24, 2.45) is 5.10 Å². The van der Waals surface area contributed by atoms with E-state index in [1.165, 1.54) is 25.5 Å². The van der Waals surface area contributed by atoms with Crippen LogP contribution in [0, 0.1) is 5.82 Å². The van der Waals surface area contributed by atoms with Crippen molar-refractivity contribution in [2.45, 2.75) is 26.5 Å². The lowest BCUT2D eigenvalue weighted by Gasteiger charge is -2.28. The van der Waals surface area contributed by atoms with E-state index in [1.54, 1.807) is 62.4 Å². The summed E-state index contributed by atoms with van der Waals surface area (Å²) in [5, 5.41) is 9.28. The minimum absolute atomic E-state index is 0.178. The lowest BCUT2D eigenvalue weighted by atomic mass is 9.95. The first kappa shape index (κ1) is 32.0. The van der Waals surface area contributed by atoms with Crippen LogP contribution < -0.4 is 30.3 Å². The van der Waals surface area contributed by atoms with Gasteiger partial charge in [0.25, 0.3) is 5.91 Å². The molecule has 0 saturated carbocycles. The molecule has 0 spiro atoms. The minimum Gasteiger partial charge on any atom is -0.493 e. The van der Waals surface area contributed by atoms with E-state index in [4.69, 9.17) is 18.9 Å². The van der Waals surface area contributed by atoms with E-state index in [0.29, 0.717) is 32.8 Å². The number of esters is 1. The number of nitrogens with zero attached hydrogens (tertiary/aromatic N) is 1. The molecule has 1 aliphatic heterocycles. The highest BCUT2D eigenvalue weighted by Gasteiger charge is 2.32. The molecule has 3 amide bonds. The topological polar surface area (TPSA) is 137 Å². The largest absolute Gasteiger partial charge is 0.493 e. The summed E-state index contributed by atoms with van der Waals surface area (Å²) in [5.41, 5.74) is 5.12. The fraction of sp³-hybridized carbons (Fsp3) is 0.226. The highest BCUT2D eigenvalue weighted by Crippen LogP contribution is 2.34. The number of hydrazone groups is 1. The molecule has 13 heteroatoms. The molecular formula is C31H30BrFN4O7. The standard InChI is InChI=1S/C31H30BrFN4O7/c1-4-42-30(39)28-18(2)35-31(40)36-29(28)21-8-12-25(26(14-21)41-3)44-17-27(38)37-34-15-20-7-11-24(23(32)13-20)43-16-19-5-9-22(33)10-6-19/h5-15,29H,4,16-17H2,1-3H3,(H,37,38)(H2,35,36,40)/b34-15-/t29-/m1/s1. The van der Waals surface area contributed by atoms with Gasteiger partial charge in [-0.15, -0.1) is 0 Å². The van der Waals surface area contributed by atoms with Crippen LogP contribution in [0.4, 0.5) is 9.18 Å². The zero-order chi connectivity index (χ0) is 31.6. The van der Waals surface area contributed by atoms with Crippen molar-refractivity contribution in [2.75, 3.05) is 20.3 Å². The van der Waals surface area contributed by atoms with Gasteiger partial charge in [-0.2, -0.15) is 5.10 Å². The number of methoxy groups -OCH3 is 1. The molecule has 3 aromatic carbocycles. The number of ether oxygens (including phenoxy) is 4. The summed E-state index contributed by atoms with van der Waals surface area (Å²) < 4.78 is 35.8. The first-order valence-corrected chi connectivity index (χ1v) is 14.2. The van der Waals surface area contributed by atoms with E-state index in [9.17, 15) is 18.8 Å². The second kappa shape index (κ2) is 15.0. The Morgan fingerprint density at radius 2 is 1.80 bits per heavy atom. The van der Waals surface area contributed by atoms with Crippen molar-refractivity contribution in [3.05, 3.63) is 98.9 Å². The van der Waals surface area contributed by atoms with Crippen molar-refractivity contribution >= 4 is 40.1 Å². The van der Waals surface area contributed by atoms with Crippen molar-refractivity contribution in [1.29, 1.82) is 0 Å². The number of amides is 3. The quantitative estimate of drug-likeness (QED) is 0.142. The van der Waals surface area contributed by atoms with Crippen LogP contribution in [-0.2, 0) is 20.9 Å². The van der Waals surface area contributed by atoms with Crippen LogP contribution in [0.25, 0.3) is 0 Å². The van der Waals surface area contributed by atoms with E-state index in [-0.39, 0.29) is 37.0 Å². The Morgan fingerprint density at radius 3 is 2.50 bits per heavy atom. The molecule has 0 bridgehead atoms. The molecule has 0 radical (unpaired) electrons. The summed E-state index contributed by atoms with van der Waals surface area (Å²) in [4.78, 5) is 37.1. The number of halogens is 2. The van der Waals surface area contributed by atoms with Gasteiger partial charge in [-0.1, -0.05) is 18.2 Å². The molecule has 3 N–H and O–H groups in total. The maximum absolute atomic E-state index is 13.1. The summed E-state index contributed by atoms with van der Waals surface area (Å²) in [6.07, 6.45) is 1.46. The molecule has 1 heterocycles. The number of benzene rings is 3. The predicted molar refractivity (Wildman–Crippen MR) is 163 cm³/mol. The highest BCUT2D eigenvalue weighted by atomic mass is 79.9. The third-order valence-electron chi connectivity index (χ3n) is 6.31. The van der Waals surface area contributed by atoms with Gasteiger partial charge in [0.05, 0.1) is 36.0 Å². The number of allylic oxidation sites excluding steroid dienone is 1. The fourth-order valence-electron chi connectivity index (χ4n) is 4.22. The van der Waals surface area contributed by atoms with Gasteiger partial charge in [0.15, 0.2) is 18.1 Å². The molecular weight excluding hydrogens is 639 g/mol. The molecule has 4 rings (SSSR count). The Morgan fingerprint density at radius 1 is 1.05 bits per heavy atom. The van der Waals surface area contributed by atoms with Gasteiger partial charge in [0.1, 0.15) is 18.2 Å². The van der Waals surface area contributed by atoms with Gasteiger partial charge < -0.3 is 29.6 Å². The molecule has 230 valence electrons. The number of carbonyl (C=O) groups excluding carboxylic acids is 3. The Hall–Kier alpha value is -4.91. The third-order valence-corrected chi connectivity index (χ3v) is 6.93. The average molecular weight is 670 g/mol. The number of nitrogens with one attached hydrogen (secondary N) is 3. The van der Waals surface area contributed by atoms with Gasteiger partial charge in [0.2, 0.25) is 0 Å². The summed E-state index contributed by atoms with van der Waals surface area (Å²) in [6.45, 7) is 3.41. The fourth-order valence-corrected chi connectivity index (χ4v) is 4.73. The van der Waals surface area contributed by atoms with Gasteiger partial charge in [-0.05, 0) is 88.9 Å². The molecule has 0 saturated heterocycles. The van der Waals surface area contributed by atoms with Crippen LogP contribution in [-0.4, -0.2) is 44.4 Å². The molecule has 0 aromatic heterocycles. The summed E-state index contributed by atoms with van der Waals surface area (Å²) in [5.74, 6) is -0.226. The molecule has 1 atom stereocenters. The van der Waals surface area contributed by atoms with Crippen molar-refractivity contribution in [3.8, 4) is 17.2 Å². The van der Waals surface area contributed by atoms with Gasteiger partial charge in [-0.3, -0.25) is 4.79 Å². The van der Waals surface area contributed by atoms with E-state index in [0.717, 1.165) is 5.56 Å². The van der Waals surface area contributed by atoms with Gasteiger partial charge in [-0.25, -0.2) is 19.4 Å². The van der Waals surface area contributed by atoms with Crippen molar-refractivity contribution < 1.29 is 37.7 Å². The Balaban J connectivity index is 1.33. The third kappa shape index (κ3) is 8.34. The van der Waals surface area contributed by atoms with E-state index < -0.39 is 23.9 Å². The SMILES string of the molecule is CCOC(=O)C1=C(C)NC(=O)N[C@@H]1c1ccc(OCC(=O)N/N=C\c2ccc(OCc3ccc(F)cc3)c(Br)c2)c(OC)c1. The summed E-state index contributed by atoms with van der Waals surface area (Å²) >= 11 is 3.46. The molecule has 1 aliphatic rings. The first-order valence-electron chi connectivity index (χ1n) is 13.4. The molecule has 0 aliphatic carbocycles. The number of hydrogen-bond acceptors (Lipinski definition) is 8. The van der Waals surface area contributed by atoms with Crippen LogP contribution in [0.5, 0.6) is 17.2 Å². The van der Waals surface area contributed by atoms with Crippen molar-refractivity contribution in [1.82, 2.24) is 16.1 Å². The maximum Gasteiger partial charge on any atom is 0.338 e. The maximum atomic E-state index is 13.1. The molecule has 0 unspecified atom stereocenters. The summed E-state index contributed by atoms with van der Waals surface area (Å²) in [6, 6.07) is 14.9. The molecule has 0 fully saturated rings. The van der Waals surface area contributed by atoms with Crippen LogP contribution in [0.2, 0.25) is 0 Å². The Labute approximate surface area is 261 Å².